The van der Waals surface area contributed by atoms with Gasteiger partial charge >= 0.3 is 0 Å². The second-order valence-corrected chi connectivity index (χ2v) is 7.71. The third-order valence-electron chi connectivity index (χ3n) is 3.81. The van der Waals surface area contributed by atoms with Gasteiger partial charge in [-0.2, -0.15) is 0 Å². The zero-order chi connectivity index (χ0) is 19.3. The monoisotopic (exact) mass is 385 g/mol. The highest BCUT2D eigenvalue weighted by atomic mass is 32.2. The molecule has 1 amide bonds. The number of nitrogens with one attached hydrogen (secondary N) is 2. The van der Waals surface area contributed by atoms with Crippen molar-refractivity contribution in [3.63, 3.8) is 0 Å². The molecule has 3 aromatic rings. The topological polar surface area (TPSA) is 101 Å². The lowest BCUT2D eigenvalue weighted by atomic mass is 10.2. The second kappa shape index (κ2) is 8.15. The number of furan rings is 1. The maximum Gasteiger partial charge on any atom is 0.241 e. The fourth-order valence-electron chi connectivity index (χ4n) is 2.43. The van der Waals surface area contributed by atoms with Gasteiger partial charge in [-0.15, -0.1) is 0 Å². The van der Waals surface area contributed by atoms with Crippen molar-refractivity contribution in [2.24, 2.45) is 0 Å². The van der Waals surface area contributed by atoms with E-state index in [1.54, 1.807) is 61.8 Å². The molecule has 7 nitrogen and oxygen atoms in total. The van der Waals surface area contributed by atoms with Crippen LogP contribution in [-0.4, -0.2) is 25.9 Å². The number of pyridine rings is 1. The third kappa shape index (κ3) is 5.02. The van der Waals surface area contributed by atoms with Gasteiger partial charge in [-0.25, -0.2) is 13.1 Å². The van der Waals surface area contributed by atoms with E-state index < -0.39 is 15.9 Å². The smallest absolute Gasteiger partial charge is 0.241 e. The molecule has 1 aromatic carbocycles. The van der Waals surface area contributed by atoms with Crippen LogP contribution in [0.15, 0.2) is 70.3 Å². The highest BCUT2D eigenvalue weighted by molar-refractivity contribution is 7.89. The summed E-state index contributed by atoms with van der Waals surface area (Å²) in [6.45, 7) is 1.71. The Hall–Kier alpha value is -2.97. The Morgan fingerprint density at radius 2 is 2.00 bits per heavy atom. The molecular weight excluding hydrogens is 366 g/mol. The van der Waals surface area contributed by atoms with E-state index in [0.717, 1.165) is 11.1 Å². The minimum atomic E-state index is -3.73. The van der Waals surface area contributed by atoms with Crippen LogP contribution in [0.5, 0.6) is 0 Å². The van der Waals surface area contributed by atoms with Crippen LogP contribution in [0.25, 0.3) is 11.5 Å². The SMILES string of the molecule is Cc1cccc(S(=O)(=O)NCC(=O)NCc2ccnc(-c3ccco3)c2)c1. The van der Waals surface area contributed by atoms with Crippen LogP contribution >= 0.6 is 0 Å². The molecule has 2 N–H and O–H groups in total. The van der Waals surface area contributed by atoms with Crippen LogP contribution in [0.4, 0.5) is 0 Å². The number of benzene rings is 1. The van der Waals surface area contributed by atoms with Gasteiger partial charge in [-0.05, 0) is 54.4 Å². The number of amides is 1. The lowest BCUT2D eigenvalue weighted by molar-refractivity contribution is -0.120. The molecule has 0 radical (unpaired) electrons. The molecule has 0 unspecified atom stereocenters. The summed E-state index contributed by atoms with van der Waals surface area (Å²) in [7, 11) is -3.73. The number of aryl methyl sites for hydroxylation is 1. The molecule has 0 aliphatic rings. The molecule has 0 fully saturated rings. The van der Waals surface area contributed by atoms with Crippen LogP contribution in [0, 0.1) is 6.92 Å². The van der Waals surface area contributed by atoms with Gasteiger partial charge in [-0.1, -0.05) is 12.1 Å². The van der Waals surface area contributed by atoms with Gasteiger partial charge in [-0.3, -0.25) is 9.78 Å². The molecule has 0 saturated heterocycles. The molecule has 140 valence electrons. The molecule has 0 atom stereocenters. The summed E-state index contributed by atoms with van der Waals surface area (Å²) in [5, 5.41) is 2.68. The number of carbonyl (C=O) groups excluding carboxylic acids is 1. The minimum absolute atomic E-state index is 0.132. The van der Waals surface area contributed by atoms with Gasteiger partial charge in [0.2, 0.25) is 15.9 Å². The summed E-state index contributed by atoms with van der Waals surface area (Å²) in [6, 6.07) is 13.6. The van der Waals surface area contributed by atoms with E-state index in [4.69, 9.17) is 4.42 Å². The standard InChI is InChI=1S/C19H19N3O4S/c1-14-4-2-5-16(10-14)27(24,25)22-13-19(23)21-12-15-7-8-20-17(11-15)18-6-3-9-26-18/h2-11,22H,12-13H2,1H3,(H,21,23). The van der Waals surface area contributed by atoms with Gasteiger partial charge in [0.05, 0.1) is 17.7 Å². The van der Waals surface area contributed by atoms with Crippen molar-refractivity contribution < 1.29 is 17.6 Å². The van der Waals surface area contributed by atoms with E-state index in [0.29, 0.717) is 11.5 Å². The van der Waals surface area contributed by atoms with Gasteiger partial charge < -0.3 is 9.73 Å². The number of hydrogen-bond acceptors (Lipinski definition) is 5. The summed E-state index contributed by atoms with van der Waals surface area (Å²) < 4.78 is 32.1. The second-order valence-electron chi connectivity index (χ2n) is 5.94. The lowest BCUT2D eigenvalue weighted by Crippen LogP contribution is -2.36. The van der Waals surface area contributed by atoms with E-state index in [-0.39, 0.29) is 18.0 Å². The first-order chi connectivity index (χ1) is 12.9. The average Bonchev–Trinajstić information content (AvgIpc) is 3.20. The molecule has 2 aromatic heterocycles. The van der Waals surface area contributed by atoms with Gasteiger partial charge in [0.15, 0.2) is 5.76 Å². The van der Waals surface area contributed by atoms with Crippen LogP contribution in [-0.2, 0) is 21.4 Å². The molecule has 2 heterocycles. The molecule has 0 bridgehead atoms. The number of aromatic nitrogens is 1. The molecule has 0 saturated carbocycles. The summed E-state index contributed by atoms with van der Waals surface area (Å²) in [4.78, 5) is 16.4. The normalized spacial score (nSPS) is 11.3. The van der Waals surface area contributed by atoms with Crippen molar-refractivity contribution in [1.29, 1.82) is 0 Å². The molecular formula is C19H19N3O4S. The first-order valence-electron chi connectivity index (χ1n) is 8.26. The number of hydrogen-bond donors (Lipinski definition) is 2. The van der Waals surface area contributed by atoms with Crippen LogP contribution in [0.1, 0.15) is 11.1 Å². The number of sulfonamides is 1. The molecule has 0 aliphatic carbocycles. The van der Waals surface area contributed by atoms with Crippen molar-refractivity contribution in [1.82, 2.24) is 15.0 Å². The summed E-state index contributed by atoms with van der Waals surface area (Å²) in [6.07, 6.45) is 3.19. The van der Waals surface area contributed by atoms with Gasteiger partial charge in [0.1, 0.15) is 5.69 Å². The maximum atomic E-state index is 12.2. The van der Waals surface area contributed by atoms with Crippen molar-refractivity contribution in [2.75, 3.05) is 6.54 Å². The van der Waals surface area contributed by atoms with Gasteiger partial charge in [0, 0.05) is 12.7 Å². The average molecular weight is 385 g/mol. The molecule has 8 heteroatoms. The molecule has 0 aliphatic heterocycles. The van der Waals surface area contributed by atoms with Crippen LogP contribution in [0.2, 0.25) is 0 Å². The predicted molar refractivity (Wildman–Crippen MR) is 100 cm³/mol. The minimum Gasteiger partial charge on any atom is -0.463 e. The summed E-state index contributed by atoms with van der Waals surface area (Å²) >= 11 is 0. The van der Waals surface area contributed by atoms with Crippen molar-refractivity contribution >= 4 is 15.9 Å². The number of carbonyl (C=O) groups is 1. The Kier molecular flexibility index (Phi) is 5.68. The van der Waals surface area contributed by atoms with Gasteiger partial charge in [0.25, 0.3) is 0 Å². The summed E-state index contributed by atoms with van der Waals surface area (Å²) in [5.74, 6) is 0.205. The molecule has 27 heavy (non-hydrogen) atoms. The van der Waals surface area contributed by atoms with E-state index in [9.17, 15) is 13.2 Å². The van der Waals surface area contributed by atoms with Crippen LogP contribution in [0.3, 0.4) is 0 Å². The lowest BCUT2D eigenvalue weighted by Gasteiger charge is -2.09. The fraction of sp³-hybridized carbons (Fsp3) is 0.158. The summed E-state index contributed by atoms with van der Waals surface area (Å²) in [5.41, 5.74) is 2.31. The Morgan fingerprint density at radius 3 is 2.74 bits per heavy atom. The van der Waals surface area contributed by atoms with Crippen molar-refractivity contribution in [3.8, 4) is 11.5 Å². The largest absolute Gasteiger partial charge is 0.463 e. The molecule has 0 spiro atoms. The Bertz CT molecular complexity index is 1030. The quantitative estimate of drug-likeness (QED) is 0.650. The zero-order valence-electron chi connectivity index (χ0n) is 14.7. The van der Waals surface area contributed by atoms with Crippen molar-refractivity contribution in [2.45, 2.75) is 18.4 Å². The van der Waals surface area contributed by atoms with E-state index in [1.165, 1.54) is 6.07 Å². The van der Waals surface area contributed by atoms with Crippen molar-refractivity contribution in [3.05, 3.63) is 72.1 Å². The maximum absolute atomic E-state index is 12.2. The Balaban J connectivity index is 1.55. The van der Waals surface area contributed by atoms with E-state index >= 15 is 0 Å². The van der Waals surface area contributed by atoms with E-state index in [1.807, 2.05) is 0 Å². The highest BCUT2D eigenvalue weighted by Gasteiger charge is 2.15. The predicted octanol–water partition coefficient (Wildman–Crippen LogP) is 2.24. The first kappa shape index (κ1) is 18.8. The van der Waals surface area contributed by atoms with E-state index in [2.05, 4.69) is 15.0 Å². The zero-order valence-corrected chi connectivity index (χ0v) is 15.5. The fourth-order valence-corrected chi connectivity index (χ4v) is 3.52. The molecule has 3 rings (SSSR count). The Morgan fingerprint density at radius 1 is 1.15 bits per heavy atom. The third-order valence-corrected chi connectivity index (χ3v) is 5.21. The Labute approximate surface area is 157 Å². The van der Waals surface area contributed by atoms with Crippen LogP contribution < -0.4 is 10.0 Å². The highest BCUT2D eigenvalue weighted by Crippen LogP contribution is 2.18. The number of rotatable bonds is 7. The first-order valence-corrected chi connectivity index (χ1v) is 9.74. The number of nitrogens with zero attached hydrogens (tertiary/aromatic N) is 1.